The Hall–Kier alpha value is -0.0200. The summed E-state index contributed by atoms with van der Waals surface area (Å²) in [4.78, 5) is 9.94. The first kappa shape index (κ1) is 5.98. The normalized spacial score (nSPS) is 8.33. The molecule has 0 saturated heterocycles. The highest BCUT2D eigenvalue weighted by atomic mass is 32.2. The molecule has 0 aliphatic carbocycles. The van der Waals surface area contributed by atoms with Gasteiger partial charge in [-0.05, 0) is 6.92 Å². The minimum atomic E-state index is 0.127. The molecule has 2 nitrogen and oxygen atoms in total. The van der Waals surface area contributed by atoms with Gasteiger partial charge >= 0.3 is 0 Å². The summed E-state index contributed by atoms with van der Waals surface area (Å²) in [6.07, 6.45) is 0. The van der Waals surface area contributed by atoms with Gasteiger partial charge in [-0.15, -0.1) is 0 Å². The average molecular weight is 105 g/mol. The van der Waals surface area contributed by atoms with Crippen LogP contribution in [0.2, 0.25) is 0 Å². The van der Waals surface area contributed by atoms with Crippen molar-refractivity contribution in [2.75, 3.05) is 5.75 Å². The third-order valence-electron chi connectivity index (χ3n) is 0.287. The van der Waals surface area contributed by atoms with Gasteiger partial charge in [-0.3, -0.25) is 9.93 Å². The molecule has 0 aliphatic rings. The Bertz CT molecular complexity index is 54.8. The van der Waals surface area contributed by atoms with E-state index in [1.165, 1.54) is 6.92 Å². The number of rotatable bonds is 2. The summed E-state index contributed by atoms with van der Waals surface area (Å²) in [5.41, 5.74) is 0. The van der Waals surface area contributed by atoms with Crippen LogP contribution in [-0.4, -0.2) is 11.5 Å². The van der Waals surface area contributed by atoms with Gasteiger partial charge in [0.05, 0.1) is 5.75 Å². The van der Waals surface area contributed by atoms with Gasteiger partial charge in [-0.2, -0.15) is 0 Å². The molecule has 0 rings (SSSR count). The summed E-state index contributed by atoms with van der Waals surface area (Å²) in [5, 5.41) is 4.93. The minimum Gasteiger partial charge on any atom is -0.299 e. The molecule has 0 unspecified atom stereocenters. The Balaban J connectivity index is 2.83. The molecule has 0 aromatic rings. The van der Waals surface area contributed by atoms with Crippen LogP contribution in [0.1, 0.15) is 6.92 Å². The molecule has 0 atom stereocenters. The molecule has 0 bridgehead atoms. The van der Waals surface area contributed by atoms with Gasteiger partial charge in [0.2, 0.25) is 0 Å². The van der Waals surface area contributed by atoms with Gasteiger partial charge in [0, 0.05) is 0 Å². The lowest BCUT2D eigenvalue weighted by atomic mass is 10.5. The second-order valence-corrected chi connectivity index (χ2v) is 1.64. The van der Waals surface area contributed by atoms with Crippen molar-refractivity contribution in [2.45, 2.75) is 6.92 Å². The molecular weight excluding hydrogens is 98.1 g/mol. The Labute approximate surface area is 41.2 Å². The van der Waals surface area contributed by atoms with Crippen molar-refractivity contribution in [3.63, 3.8) is 0 Å². The fraction of sp³-hybridized carbons (Fsp3) is 0.667. The molecule has 0 heterocycles. The number of nitrogens with two attached hydrogens (primary N) is 1. The van der Waals surface area contributed by atoms with Crippen LogP contribution in [0.15, 0.2) is 0 Å². The molecular formula is C3H7NOS. The van der Waals surface area contributed by atoms with Crippen LogP contribution in [0.5, 0.6) is 0 Å². The van der Waals surface area contributed by atoms with Gasteiger partial charge in [-0.25, -0.2) is 0 Å². The second-order valence-electron chi connectivity index (χ2n) is 1.01. The van der Waals surface area contributed by atoms with Crippen LogP contribution < -0.4 is 5.14 Å². The zero-order valence-electron chi connectivity index (χ0n) is 3.60. The lowest BCUT2D eigenvalue weighted by molar-refractivity contribution is -0.114. The van der Waals surface area contributed by atoms with E-state index in [2.05, 4.69) is 0 Å². The fourth-order valence-corrected chi connectivity index (χ4v) is 0.352. The van der Waals surface area contributed by atoms with Crippen molar-refractivity contribution < 1.29 is 4.79 Å². The van der Waals surface area contributed by atoms with E-state index in [9.17, 15) is 4.79 Å². The molecule has 0 aliphatic heterocycles. The van der Waals surface area contributed by atoms with E-state index in [4.69, 9.17) is 5.14 Å². The van der Waals surface area contributed by atoms with Crippen molar-refractivity contribution in [1.29, 1.82) is 0 Å². The van der Waals surface area contributed by atoms with Gasteiger partial charge < -0.3 is 0 Å². The first-order valence-electron chi connectivity index (χ1n) is 1.58. The topological polar surface area (TPSA) is 43.1 Å². The predicted molar refractivity (Wildman–Crippen MR) is 27.3 cm³/mol. The molecule has 6 heavy (non-hydrogen) atoms. The van der Waals surface area contributed by atoms with Crippen molar-refractivity contribution in [1.82, 2.24) is 0 Å². The molecule has 2 N–H and O–H groups in total. The van der Waals surface area contributed by atoms with Crippen LogP contribution >= 0.6 is 11.9 Å². The zero-order chi connectivity index (χ0) is 4.99. The standard InChI is InChI=1S/C3H7NOS/c1-3(5)2-6-4/h2,4H2,1H3. The van der Waals surface area contributed by atoms with Crippen molar-refractivity contribution >= 4 is 17.7 Å². The third-order valence-corrected chi connectivity index (χ3v) is 0.860. The SMILES string of the molecule is CC(=O)CSN. The molecule has 0 amide bonds. The highest BCUT2D eigenvalue weighted by molar-refractivity contribution is 7.97. The van der Waals surface area contributed by atoms with Crippen molar-refractivity contribution in [2.24, 2.45) is 5.14 Å². The highest BCUT2D eigenvalue weighted by Gasteiger charge is 1.84. The Morgan fingerprint density at radius 3 is 2.50 bits per heavy atom. The summed E-state index contributed by atoms with van der Waals surface area (Å²) in [6, 6.07) is 0. The number of carbonyl (C=O) groups is 1. The first-order valence-corrected chi connectivity index (χ1v) is 2.63. The molecule has 3 heteroatoms. The van der Waals surface area contributed by atoms with E-state index in [1.54, 1.807) is 0 Å². The monoisotopic (exact) mass is 105 g/mol. The molecule has 0 aromatic carbocycles. The molecule has 0 saturated carbocycles. The largest absolute Gasteiger partial charge is 0.299 e. The smallest absolute Gasteiger partial charge is 0.140 e. The number of hydrogen-bond acceptors (Lipinski definition) is 3. The Morgan fingerprint density at radius 2 is 2.50 bits per heavy atom. The Kier molecular flexibility index (Phi) is 3.17. The summed E-state index contributed by atoms with van der Waals surface area (Å²) in [6.45, 7) is 1.51. The quantitative estimate of drug-likeness (QED) is 0.509. The maximum Gasteiger partial charge on any atom is 0.140 e. The highest BCUT2D eigenvalue weighted by Crippen LogP contribution is 1.82. The van der Waals surface area contributed by atoms with Gasteiger partial charge in [0.25, 0.3) is 0 Å². The van der Waals surface area contributed by atoms with Gasteiger partial charge in [0.15, 0.2) is 0 Å². The minimum absolute atomic E-state index is 0.127. The number of hydrogen-bond donors (Lipinski definition) is 1. The zero-order valence-corrected chi connectivity index (χ0v) is 4.42. The molecule has 0 aromatic heterocycles. The predicted octanol–water partition coefficient (Wildman–Crippen LogP) is 0.182. The third kappa shape index (κ3) is 3.98. The molecule has 0 radical (unpaired) electrons. The van der Waals surface area contributed by atoms with E-state index in [0.717, 1.165) is 11.9 Å². The van der Waals surface area contributed by atoms with E-state index in [1.807, 2.05) is 0 Å². The average Bonchev–Trinajstić information content (AvgIpc) is 1.35. The summed E-state index contributed by atoms with van der Waals surface area (Å²) < 4.78 is 0. The molecule has 0 fully saturated rings. The maximum absolute atomic E-state index is 9.94. The van der Waals surface area contributed by atoms with Crippen LogP contribution in [0.3, 0.4) is 0 Å². The number of carbonyl (C=O) groups excluding carboxylic acids is 1. The molecule has 0 spiro atoms. The van der Waals surface area contributed by atoms with Crippen LogP contribution in [0.4, 0.5) is 0 Å². The van der Waals surface area contributed by atoms with Crippen LogP contribution in [0.25, 0.3) is 0 Å². The van der Waals surface area contributed by atoms with E-state index in [0.29, 0.717) is 5.75 Å². The summed E-state index contributed by atoms with van der Waals surface area (Å²) in [7, 11) is 0. The van der Waals surface area contributed by atoms with Crippen LogP contribution in [-0.2, 0) is 4.79 Å². The second kappa shape index (κ2) is 3.18. The van der Waals surface area contributed by atoms with Crippen molar-refractivity contribution in [3.8, 4) is 0 Å². The summed E-state index contributed by atoms with van der Waals surface area (Å²) in [5.74, 6) is 0.558. The van der Waals surface area contributed by atoms with E-state index < -0.39 is 0 Å². The Morgan fingerprint density at radius 1 is 2.00 bits per heavy atom. The first-order chi connectivity index (χ1) is 2.77. The maximum atomic E-state index is 9.94. The fourth-order valence-electron chi connectivity index (χ4n) is 0.117. The van der Waals surface area contributed by atoms with Gasteiger partial charge in [-0.1, -0.05) is 11.9 Å². The van der Waals surface area contributed by atoms with E-state index in [-0.39, 0.29) is 5.78 Å². The lowest BCUT2D eigenvalue weighted by Crippen LogP contribution is -1.95. The van der Waals surface area contributed by atoms with Crippen LogP contribution in [0, 0.1) is 0 Å². The van der Waals surface area contributed by atoms with Crippen molar-refractivity contribution in [3.05, 3.63) is 0 Å². The number of Topliss-reactive ketones (excluding diaryl/α,β-unsaturated/α-hetero) is 1. The van der Waals surface area contributed by atoms with Gasteiger partial charge in [0.1, 0.15) is 5.78 Å². The lowest BCUT2D eigenvalue weighted by Gasteiger charge is -1.81. The molecule has 36 valence electrons. The van der Waals surface area contributed by atoms with E-state index >= 15 is 0 Å². The number of ketones is 1. The summed E-state index contributed by atoms with van der Waals surface area (Å²) >= 11 is 1.06.